The van der Waals surface area contributed by atoms with E-state index in [9.17, 15) is 4.79 Å². The van der Waals surface area contributed by atoms with Gasteiger partial charge in [-0.1, -0.05) is 24.2 Å². The number of carbonyl (C=O) groups is 1. The summed E-state index contributed by atoms with van der Waals surface area (Å²) in [5, 5.41) is 6.63. The van der Waals surface area contributed by atoms with Crippen LogP contribution in [0.2, 0.25) is 0 Å². The molecule has 0 bridgehead atoms. The van der Waals surface area contributed by atoms with Crippen LogP contribution in [0.4, 0.5) is 0 Å². The Balaban J connectivity index is 2.07. The Morgan fingerprint density at radius 1 is 1.40 bits per heavy atom. The van der Waals surface area contributed by atoms with Gasteiger partial charge in [-0.25, -0.2) is 0 Å². The summed E-state index contributed by atoms with van der Waals surface area (Å²) in [5.41, 5.74) is 0.755. The van der Waals surface area contributed by atoms with Crippen molar-refractivity contribution in [2.24, 2.45) is 0 Å². The average molecular weight is 275 g/mol. The smallest absolute Gasteiger partial charge is 0.246 e. The van der Waals surface area contributed by atoms with Gasteiger partial charge in [0.1, 0.15) is 5.75 Å². The summed E-state index contributed by atoms with van der Waals surface area (Å²) in [6.07, 6.45) is 1.30. The van der Waals surface area contributed by atoms with Crippen LogP contribution in [0.25, 0.3) is 11.4 Å². The molecule has 1 N–H and O–H groups in total. The lowest BCUT2D eigenvalue weighted by atomic mass is 10.2. The summed E-state index contributed by atoms with van der Waals surface area (Å²) in [4.78, 5) is 15.6. The molecule has 0 spiro atoms. The number of rotatable bonds is 6. The molecule has 6 nitrogen and oxygen atoms in total. The van der Waals surface area contributed by atoms with Crippen LogP contribution in [-0.4, -0.2) is 23.2 Å². The molecule has 2 aromatic rings. The molecule has 1 aromatic carbocycles. The monoisotopic (exact) mass is 275 g/mol. The molecule has 1 heterocycles. The van der Waals surface area contributed by atoms with E-state index < -0.39 is 0 Å². The molecule has 0 atom stereocenters. The van der Waals surface area contributed by atoms with Gasteiger partial charge >= 0.3 is 0 Å². The summed E-state index contributed by atoms with van der Waals surface area (Å²) < 4.78 is 10.4. The van der Waals surface area contributed by atoms with Gasteiger partial charge in [-0.2, -0.15) is 4.98 Å². The lowest BCUT2D eigenvalue weighted by molar-refractivity contribution is -0.121. The van der Waals surface area contributed by atoms with E-state index in [1.54, 1.807) is 7.11 Å². The number of hydrogen-bond acceptors (Lipinski definition) is 5. The van der Waals surface area contributed by atoms with Gasteiger partial charge < -0.3 is 14.6 Å². The second kappa shape index (κ2) is 6.70. The Kier molecular flexibility index (Phi) is 4.70. The first kappa shape index (κ1) is 14.0. The van der Waals surface area contributed by atoms with E-state index in [0.29, 0.717) is 23.9 Å². The fourth-order valence-electron chi connectivity index (χ4n) is 1.76. The minimum absolute atomic E-state index is 0.0236. The van der Waals surface area contributed by atoms with E-state index in [2.05, 4.69) is 15.5 Å². The predicted molar refractivity (Wildman–Crippen MR) is 73.0 cm³/mol. The average Bonchev–Trinajstić information content (AvgIpc) is 2.94. The SMILES string of the molecule is CCCC(=O)NCc1nc(-c2ccccc2OC)no1. The van der Waals surface area contributed by atoms with Crippen molar-refractivity contribution in [3.63, 3.8) is 0 Å². The first-order valence-electron chi connectivity index (χ1n) is 6.47. The van der Waals surface area contributed by atoms with Crippen molar-refractivity contribution in [2.45, 2.75) is 26.3 Å². The zero-order valence-corrected chi connectivity index (χ0v) is 11.5. The molecule has 0 radical (unpaired) electrons. The number of benzene rings is 1. The second-order valence-electron chi connectivity index (χ2n) is 4.24. The summed E-state index contributed by atoms with van der Waals surface area (Å²) in [6.45, 7) is 2.19. The third-order valence-corrected chi connectivity index (χ3v) is 2.73. The first-order chi connectivity index (χ1) is 9.74. The van der Waals surface area contributed by atoms with Crippen LogP contribution in [0.3, 0.4) is 0 Å². The van der Waals surface area contributed by atoms with Crippen LogP contribution in [0.15, 0.2) is 28.8 Å². The number of amides is 1. The zero-order valence-electron chi connectivity index (χ0n) is 11.5. The molecule has 1 amide bonds. The van der Waals surface area contributed by atoms with Crippen molar-refractivity contribution >= 4 is 5.91 Å². The standard InChI is InChI=1S/C14H17N3O3/c1-3-6-12(18)15-9-13-16-14(17-20-13)10-7-4-5-8-11(10)19-2/h4-5,7-8H,3,6,9H2,1-2H3,(H,15,18). The lowest BCUT2D eigenvalue weighted by Gasteiger charge is -2.03. The molecule has 6 heteroatoms. The Labute approximate surface area is 117 Å². The highest BCUT2D eigenvalue weighted by atomic mass is 16.5. The van der Waals surface area contributed by atoms with Gasteiger partial charge in [0, 0.05) is 6.42 Å². The quantitative estimate of drug-likeness (QED) is 0.874. The Morgan fingerprint density at radius 2 is 2.20 bits per heavy atom. The number of para-hydroxylation sites is 1. The molecule has 0 aliphatic rings. The highest BCUT2D eigenvalue weighted by molar-refractivity contribution is 5.75. The van der Waals surface area contributed by atoms with Gasteiger partial charge in [-0.15, -0.1) is 0 Å². The maximum Gasteiger partial charge on any atom is 0.246 e. The third-order valence-electron chi connectivity index (χ3n) is 2.73. The van der Waals surface area contributed by atoms with Crippen molar-refractivity contribution in [1.82, 2.24) is 15.5 Å². The van der Waals surface area contributed by atoms with Crippen molar-refractivity contribution in [1.29, 1.82) is 0 Å². The molecule has 20 heavy (non-hydrogen) atoms. The van der Waals surface area contributed by atoms with E-state index in [1.165, 1.54) is 0 Å². The zero-order chi connectivity index (χ0) is 14.4. The van der Waals surface area contributed by atoms with Crippen molar-refractivity contribution in [3.05, 3.63) is 30.2 Å². The van der Waals surface area contributed by atoms with Crippen molar-refractivity contribution in [3.8, 4) is 17.1 Å². The van der Waals surface area contributed by atoms with Gasteiger partial charge in [0.2, 0.25) is 17.6 Å². The first-order valence-corrected chi connectivity index (χ1v) is 6.47. The molecule has 0 saturated heterocycles. The normalized spacial score (nSPS) is 10.3. The number of nitrogens with zero attached hydrogens (tertiary/aromatic N) is 2. The van der Waals surface area contributed by atoms with E-state index in [1.807, 2.05) is 31.2 Å². The minimum Gasteiger partial charge on any atom is -0.496 e. The summed E-state index contributed by atoms with van der Waals surface area (Å²) in [5.74, 6) is 1.47. The second-order valence-corrected chi connectivity index (χ2v) is 4.24. The number of methoxy groups -OCH3 is 1. The number of ether oxygens (including phenoxy) is 1. The van der Waals surface area contributed by atoms with E-state index in [0.717, 1.165) is 12.0 Å². The van der Waals surface area contributed by atoms with Crippen LogP contribution < -0.4 is 10.1 Å². The van der Waals surface area contributed by atoms with Crippen LogP contribution >= 0.6 is 0 Å². The minimum atomic E-state index is -0.0236. The molecule has 0 aliphatic heterocycles. The number of aromatic nitrogens is 2. The molecule has 106 valence electrons. The molecule has 1 aromatic heterocycles. The van der Waals surface area contributed by atoms with Crippen molar-refractivity contribution < 1.29 is 14.1 Å². The molecule has 0 unspecified atom stereocenters. The highest BCUT2D eigenvalue weighted by Crippen LogP contribution is 2.26. The number of hydrogen-bond donors (Lipinski definition) is 1. The fraction of sp³-hybridized carbons (Fsp3) is 0.357. The van der Waals surface area contributed by atoms with E-state index in [-0.39, 0.29) is 12.5 Å². The van der Waals surface area contributed by atoms with Gasteiger partial charge in [-0.3, -0.25) is 4.79 Å². The predicted octanol–water partition coefficient (Wildman–Crippen LogP) is 2.16. The lowest BCUT2D eigenvalue weighted by Crippen LogP contribution is -2.22. The summed E-state index contributed by atoms with van der Waals surface area (Å²) in [7, 11) is 1.59. The summed E-state index contributed by atoms with van der Waals surface area (Å²) in [6, 6.07) is 7.42. The largest absolute Gasteiger partial charge is 0.496 e. The third kappa shape index (κ3) is 3.34. The van der Waals surface area contributed by atoms with Crippen LogP contribution in [0.5, 0.6) is 5.75 Å². The van der Waals surface area contributed by atoms with Crippen LogP contribution in [0.1, 0.15) is 25.7 Å². The molecular weight excluding hydrogens is 258 g/mol. The highest BCUT2D eigenvalue weighted by Gasteiger charge is 2.13. The van der Waals surface area contributed by atoms with Crippen LogP contribution in [0, 0.1) is 0 Å². The van der Waals surface area contributed by atoms with Crippen LogP contribution in [-0.2, 0) is 11.3 Å². The van der Waals surface area contributed by atoms with Gasteiger partial charge in [0.15, 0.2) is 0 Å². The molecule has 2 rings (SSSR count). The van der Waals surface area contributed by atoms with Crippen molar-refractivity contribution in [2.75, 3.05) is 7.11 Å². The Hall–Kier alpha value is -2.37. The van der Waals surface area contributed by atoms with E-state index in [4.69, 9.17) is 9.26 Å². The molecular formula is C14H17N3O3. The van der Waals surface area contributed by atoms with Gasteiger partial charge in [0.25, 0.3) is 0 Å². The summed E-state index contributed by atoms with van der Waals surface area (Å²) >= 11 is 0. The van der Waals surface area contributed by atoms with E-state index >= 15 is 0 Å². The topological polar surface area (TPSA) is 77.2 Å². The number of carbonyl (C=O) groups excluding carboxylic acids is 1. The Bertz CT molecular complexity index is 581. The van der Waals surface area contributed by atoms with Gasteiger partial charge in [-0.05, 0) is 18.6 Å². The molecule has 0 fully saturated rings. The Morgan fingerprint density at radius 3 is 2.95 bits per heavy atom. The molecule has 0 saturated carbocycles. The maximum atomic E-state index is 11.4. The molecule has 0 aliphatic carbocycles. The maximum absolute atomic E-state index is 11.4. The number of nitrogens with one attached hydrogen (secondary N) is 1. The fourth-order valence-corrected chi connectivity index (χ4v) is 1.76. The van der Waals surface area contributed by atoms with Gasteiger partial charge in [0.05, 0.1) is 19.2 Å².